The number of rotatable bonds is 8. The molecule has 1 aliphatic heterocycles. The van der Waals surface area contributed by atoms with Crippen molar-refractivity contribution in [2.75, 3.05) is 27.4 Å². The van der Waals surface area contributed by atoms with Crippen molar-refractivity contribution >= 4 is 5.91 Å². The van der Waals surface area contributed by atoms with Gasteiger partial charge in [0.05, 0.1) is 33.5 Å². The molecule has 0 fully saturated rings. The molecule has 6 nitrogen and oxygen atoms in total. The highest BCUT2D eigenvalue weighted by Crippen LogP contribution is 2.34. The lowest BCUT2D eigenvalue weighted by Gasteiger charge is -2.22. The Balaban J connectivity index is 1.62. The first-order valence-electron chi connectivity index (χ1n) is 11.6. The summed E-state index contributed by atoms with van der Waals surface area (Å²) < 4.78 is 22.5. The molecule has 0 radical (unpaired) electrons. The van der Waals surface area contributed by atoms with E-state index in [0.717, 1.165) is 41.9 Å². The molecule has 1 N–H and O–H groups in total. The number of carbonyl (C=O) groups is 1. The van der Waals surface area contributed by atoms with Gasteiger partial charge in [-0.25, -0.2) is 0 Å². The third-order valence-corrected chi connectivity index (χ3v) is 6.02. The maximum absolute atomic E-state index is 13.4. The molecular formula is C28H31NO5. The van der Waals surface area contributed by atoms with E-state index in [0.29, 0.717) is 30.3 Å². The van der Waals surface area contributed by atoms with Gasteiger partial charge in [-0.2, -0.15) is 0 Å². The second kappa shape index (κ2) is 11.0. The molecule has 4 rings (SSSR count). The largest absolute Gasteiger partial charge is 0.493 e. The van der Waals surface area contributed by atoms with Crippen LogP contribution in [0.4, 0.5) is 0 Å². The normalized spacial score (nSPS) is 13.5. The SMILES string of the molecule is COc1cc(C)c(C(=O)NC(CCc2ccccc2)c2ccc3c(c2)OCCCO3)cc1OC. The second-order valence-corrected chi connectivity index (χ2v) is 8.33. The van der Waals surface area contributed by atoms with Crippen molar-refractivity contribution in [2.24, 2.45) is 0 Å². The Morgan fingerprint density at radius 2 is 1.65 bits per heavy atom. The Hall–Kier alpha value is -3.67. The maximum atomic E-state index is 13.4. The van der Waals surface area contributed by atoms with Gasteiger partial charge in [0.25, 0.3) is 5.91 Å². The van der Waals surface area contributed by atoms with E-state index in [4.69, 9.17) is 18.9 Å². The molecule has 6 heteroatoms. The first-order valence-corrected chi connectivity index (χ1v) is 11.6. The van der Waals surface area contributed by atoms with Gasteiger partial charge in [-0.15, -0.1) is 0 Å². The zero-order valence-corrected chi connectivity index (χ0v) is 19.9. The van der Waals surface area contributed by atoms with Gasteiger partial charge in [0.15, 0.2) is 23.0 Å². The number of nitrogens with one attached hydrogen (secondary N) is 1. The number of methoxy groups -OCH3 is 2. The predicted molar refractivity (Wildman–Crippen MR) is 131 cm³/mol. The third-order valence-electron chi connectivity index (χ3n) is 6.02. The highest BCUT2D eigenvalue weighted by molar-refractivity contribution is 5.96. The number of ether oxygens (including phenoxy) is 4. The summed E-state index contributed by atoms with van der Waals surface area (Å²) >= 11 is 0. The van der Waals surface area contributed by atoms with Gasteiger partial charge in [0, 0.05) is 12.0 Å². The number of hydrogen-bond acceptors (Lipinski definition) is 5. The molecule has 0 aliphatic carbocycles. The van der Waals surface area contributed by atoms with Gasteiger partial charge in [0.1, 0.15) is 0 Å². The minimum atomic E-state index is -0.211. The van der Waals surface area contributed by atoms with Crippen LogP contribution in [0.1, 0.15) is 45.9 Å². The first kappa shape index (κ1) is 23.5. The summed E-state index contributed by atoms with van der Waals surface area (Å²) in [4.78, 5) is 13.4. The molecule has 3 aromatic carbocycles. The van der Waals surface area contributed by atoms with Crippen molar-refractivity contribution in [3.8, 4) is 23.0 Å². The number of amides is 1. The Bertz CT molecular complexity index is 1130. The third kappa shape index (κ3) is 5.45. The van der Waals surface area contributed by atoms with Crippen molar-refractivity contribution in [3.05, 3.63) is 82.9 Å². The van der Waals surface area contributed by atoms with Crippen LogP contribution in [-0.4, -0.2) is 33.3 Å². The van der Waals surface area contributed by atoms with E-state index < -0.39 is 0 Å². The van der Waals surface area contributed by atoms with Crippen molar-refractivity contribution in [1.29, 1.82) is 0 Å². The average molecular weight is 462 g/mol. The minimum absolute atomic E-state index is 0.163. The number of aryl methyl sites for hydroxylation is 2. The van der Waals surface area contributed by atoms with E-state index in [1.165, 1.54) is 5.56 Å². The maximum Gasteiger partial charge on any atom is 0.252 e. The fourth-order valence-corrected chi connectivity index (χ4v) is 4.14. The molecule has 1 atom stereocenters. The summed E-state index contributed by atoms with van der Waals surface area (Å²) in [6, 6.07) is 19.5. The fourth-order valence-electron chi connectivity index (χ4n) is 4.14. The predicted octanol–water partition coefficient (Wildman–Crippen LogP) is 5.28. The summed E-state index contributed by atoms with van der Waals surface area (Å²) in [6.45, 7) is 3.14. The molecule has 0 spiro atoms. The molecule has 3 aromatic rings. The molecule has 1 aliphatic rings. The highest BCUT2D eigenvalue weighted by atomic mass is 16.5. The van der Waals surface area contributed by atoms with Crippen LogP contribution < -0.4 is 24.3 Å². The lowest BCUT2D eigenvalue weighted by atomic mass is 9.97. The van der Waals surface area contributed by atoms with E-state index in [-0.39, 0.29) is 11.9 Å². The van der Waals surface area contributed by atoms with Crippen molar-refractivity contribution in [1.82, 2.24) is 5.32 Å². The van der Waals surface area contributed by atoms with Crippen molar-refractivity contribution < 1.29 is 23.7 Å². The van der Waals surface area contributed by atoms with Gasteiger partial charge in [-0.1, -0.05) is 36.4 Å². The van der Waals surface area contributed by atoms with E-state index in [2.05, 4.69) is 17.4 Å². The zero-order chi connectivity index (χ0) is 23.9. The molecule has 0 saturated carbocycles. The number of fused-ring (bicyclic) bond motifs is 1. The molecule has 1 unspecified atom stereocenters. The molecule has 0 aromatic heterocycles. The fraction of sp³-hybridized carbons (Fsp3) is 0.321. The number of carbonyl (C=O) groups excluding carboxylic acids is 1. The van der Waals surface area contributed by atoms with E-state index in [1.807, 2.05) is 49.4 Å². The first-order chi connectivity index (χ1) is 16.6. The van der Waals surface area contributed by atoms with Gasteiger partial charge < -0.3 is 24.3 Å². The zero-order valence-electron chi connectivity index (χ0n) is 19.9. The van der Waals surface area contributed by atoms with Gasteiger partial charge in [0.2, 0.25) is 0 Å². The minimum Gasteiger partial charge on any atom is -0.493 e. The van der Waals surface area contributed by atoms with Crippen LogP contribution in [0.25, 0.3) is 0 Å². The Morgan fingerprint density at radius 3 is 2.38 bits per heavy atom. The summed E-state index contributed by atoms with van der Waals surface area (Å²) in [6.07, 6.45) is 2.41. The van der Waals surface area contributed by atoms with E-state index in [9.17, 15) is 4.79 Å². The quantitative estimate of drug-likeness (QED) is 0.495. The van der Waals surface area contributed by atoms with Crippen LogP contribution >= 0.6 is 0 Å². The van der Waals surface area contributed by atoms with Crippen LogP contribution in [-0.2, 0) is 6.42 Å². The summed E-state index contributed by atoms with van der Waals surface area (Å²) in [7, 11) is 3.15. The number of benzene rings is 3. The molecule has 34 heavy (non-hydrogen) atoms. The second-order valence-electron chi connectivity index (χ2n) is 8.33. The Labute approximate surface area is 200 Å². The summed E-state index contributed by atoms with van der Waals surface area (Å²) in [5.41, 5.74) is 3.57. The van der Waals surface area contributed by atoms with Gasteiger partial charge in [-0.3, -0.25) is 4.79 Å². The molecule has 0 bridgehead atoms. The summed E-state index contributed by atoms with van der Waals surface area (Å²) in [5, 5.41) is 3.24. The van der Waals surface area contributed by atoms with Crippen LogP contribution in [0.15, 0.2) is 60.7 Å². The standard InChI is InChI=1S/C28H31NO5/c1-19-16-25(31-2)26(32-3)18-22(19)28(30)29-23(12-10-20-8-5-4-6-9-20)21-11-13-24-27(17-21)34-15-7-14-33-24/h4-6,8-9,11,13,16-18,23H,7,10,12,14-15H2,1-3H3,(H,29,30). The molecule has 1 heterocycles. The highest BCUT2D eigenvalue weighted by Gasteiger charge is 2.21. The monoisotopic (exact) mass is 461 g/mol. The van der Waals surface area contributed by atoms with Crippen LogP contribution in [0, 0.1) is 6.92 Å². The molecule has 0 saturated heterocycles. The molecular weight excluding hydrogens is 430 g/mol. The van der Waals surface area contributed by atoms with E-state index >= 15 is 0 Å². The summed E-state index contributed by atoms with van der Waals surface area (Å²) in [5.74, 6) is 2.42. The van der Waals surface area contributed by atoms with Crippen LogP contribution in [0.5, 0.6) is 23.0 Å². The van der Waals surface area contributed by atoms with Crippen molar-refractivity contribution in [3.63, 3.8) is 0 Å². The van der Waals surface area contributed by atoms with Crippen LogP contribution in [0.2, 0.25) is 0 Å². The molecule has 1 amide bonds. The lowest BCUT2D eigenvalue weighted by molar-refractivity contribution is 0.0933. The lowest BCUT2D eigenvalue weighted by Crippen LogP contribution is -2.29. The Kier molecular flexibility index (Phi) is 7.58. The van der Waals surface area contributed by atoms with Crippen LogP contribution in [0.3, 0.4) is 0 Å². The topological polar surface area (TPSA) is 66.0 Å². The molecule has 178 valence electrons. The van der Waals surface area contributed by atoms with Gasteiger partial charge >= 0.3 is 0 Å². The average Bonchev–Trinajstić information content (AvgIpc) is 3.11. The van der Waals surface area contributed by atoms with Gasteiger partial charge in [-0.05, 0) is 60.7 Å². The Morgan fingerprint density at radius 1 is 0.941 bits per heavy atom. The van der Waals surface area contributed by atoms with E-state index in [1.54, 1.807) is 20.3 Å². The smallest absolute Gasteiger partial charge is 0.252 e. The number of hydrogen-bond donors (Lipinski definition) is 1. The van der Waals surface area contributed by atoms with Crippen molar-refractivity contribution in [2.45, 2.75) is 32.2 Å².